The topological polar surface area (TPSA) is 55.8 Å². The number of thiophene rings is 1. The molecule has 1 N–H and O–H groups in total. The average Bonchev–Trinajstić information content (AvgIpc) is 2.93. The van der Waals surface area contributed by atoms with Crippen molar-refractivity contribution in [2.75, 3.05) is 13.7 Å². The van der Waals surface area contributed by atoms with Crippen molar-refractivity contribution in [1.29, 1.82) is 0 Å². The fourth-order valence-corrected chi connectivity index (χ4v) is 3.22. The Hall–Kier alpha value is -1.75. The molecular formula is C17H22O4S. The molecule has 5 heteroatoms. The number of unbranched alkanes of at least 4 members (excludes halogenated alkanes) is 4. The number of rotatable bonds is 9. The summed E-state index contributed by atoms with van der Waals surface area (Å²) in [6, 6.07) is 5.38. The van der Waals surface area contributed by atoms with Gasteiger partial charge in [0.25, 0.3) is 0 Å². The first-order chi connectivity index (χ1) is 10.7. The number of carboxylic acid groups (broad SMARTS) is 1. The SMILES string of the molecule is CCCCCCCOc1cc2sc(C(=O)O)cc2cc1OC. The third kappa shape index (κ3) is 4.13. The summed E-state index contributed by atoms with van der Waals surface area (Å²) in [5.74, 6) is 0.429. The Bertz CT molecular complexity index is 633. The first kappa shape index (κ1) is 16.6. The molecule has 0 amide bonds. The lowest BCUT2D eigenvalue weighted by Gasteiger charge is -2.10. The van der Waals surface area contributed by atoms with Crippen LogP contribution in [0.4, 0.5) is 0 Å². The van der Waals surface area contributed by atoms with E-state index in [1.165, 1.54) is 37.0 Å². The number of benzene rings is 1. The maximum absolute atomic E-state index is 11.1. The molecule has 4 nitrogen and oxygen atoms in total. The molecule has 1 heterocycles. The molecule has 0 radical (unpaired) electrons. The van der Waals surface area contributed by atoms with Crippen molar-refractivity contribution in [3.8, 4) is 11.5 Å². The third-order valence-electron chi connectivity index (χ3n) is 3.52. The molecular weight excluding hydrogens is 300 g/mol. The minimum Gasteiger partial charge on any atom is -0.493 e. The standard InChI is InChI=1S/C17H22O4S/c1-3-4-5-6-7-8-21-14-11-15-12(9-13(14)20-2)10-16(22-15)17(18)19/h9-11H,3-8H2,1-2H3,(H,18,19). The summed E-state index contributed by atoms with van der Waals surface area (Å²) >= 11 is 1.25. The van der Waals surface area contributed by atoms with Crippen LogP contribution in [0.5, 0.6) is 11.5 Å². The highest BCUT2D eigenvalue weighted by Gasteiger charge is 2.13. The molecule has 1 aromatic heterocycles. The second-order valence-corrected chi connectivity index (χ2v) is 6.30. The van der Waals surface area contributed by atoms with Gasteiger partial charge in [-0.1, -0.05) is 32.6 Å². The van der Waals surface area contributed by atoms with Crippen LogP contribution in [0.25, 0.3) is 10.1 Å². The number of fused-ring (bicyclic) bond motifs is 1. The maximum atomic E-state index is 11.1. The van der Waals surface area contributed by atoms with Gasteiger partial charge in [-0.2, -0.15) is 0 Å². The molecule has 0 saturated heterocycles. The Morgan fingerprint density at radius 3 is 2.59 bits per heavy atom. The van der Waals surface area contributed by atoms with Gasteiger partial charge in [0.1, 0.15) is 4.88 Å². The lowest BCUT2D eigenvalue weighted by atomic mass is 10.2. The van der Waals surface area contributed by atoms with Gasteiger partial charge >= 0.3 is 5.97 Å². The zero-order valence-corrected chi connectivity index (χ0v) is 13.9. The van der Waals surface area contributed by atoms with Crippen LogP contribution in [0.2, 0.25) is 0 Å². The van der Waals surface area contributed by atoms with E-state index in [2.05, 4.69) is 6.92 Å². The Morgan fingerprint density at radius 2 is 1.91 bits per heavy atom. The lowest BCUT2D eigenvalue weighted by molar-refractivity contribution is 0.0702. The highest BCUT2D eigenvalue weighted by molar-refractivity contribution is 7.20. The zero-order valence-electron chi connectivity index (χ0n) is 13.1. The third-order valence-corrected chi connectivity index (χ3v) is 4.60. The molecule has 1 aromatic carbocycles. The van der Waals surface area contributed by atoms with Gasteiger partial charge in [0.05, 0.1) is 13.7 Å². The number of methoxy groups -OCH3 is 1. The van der Waals surface area contributed by atoms with Crippen molar-refractivity contribution in [3.63, 3.8) is 0 Å². The number of carboxylic acids is 1. The van der Waals surface area contributed by atoms with Crippen LogP contribution < -0.4 is 9.47 Å². The highest BCUT2D eigenvalue weighted by Crippen LogP contribution is 2.36. The molecule has 120 valence electrons. The molecule has 0 aliphatic rings. The summed E-state index contributed by atoms with van der Waals surface area (Å²) in [6.07, 6.45) is 5.92. The van der Waals surface area contributed by atoms with Crippen molar-refractivity contribution in [2.24, 2.45) is 0 Å². The van der Waals surface area contributed by atoms with Gasteiger partial charge in [-0.15, -0.1) is 11.3 Å². The van der Waals surface area contributed by atoms with Crippen molar-refractivity contribution in [2.45, 2.75) is 39.0 Å². The van der Waals surface area contributed by atoms with E-state index in [1.807, 2.05) is 12.1 Å². The van der Waals surface area contributed by atoms with E-state index in [0.29, 0.717) is 23.0 Å². The largest absolute Gasteiger partial charge is 0.493 e. The molecule has 0 fully saturated rings. The van der Waals surface area contributed by atoms with E-state index >= 15 is 0 Å². The van der Waals surface area contributed by atoms with Crippen LogP contribution in [0.1, 0.15) is 48.7 Å². The average molecular weight is 322 g/mol. The quantitative estimate of drug-likeness (QED) is 0.663. The summed E-state index contributed by atoms with van der Waals surface area (Å²) in [6.45, 7) is 2.85. The molecule has 0 atom stereocenters. The van der Waals surface area contributed by atoms with Gasteiger partial charge in [0.2, 0.25) is 0 Å². The molecule has 2 aromatic rings. The van der Waals surface area contributed by atoms with Crippen molar-refractivity contribution < 1.29 is 19.4 Å². The predicted octanol–water partition coefficient (Wildman–Crippen LogP) is 4.96. The molecule has 22 heavy (non-hydrogen) atoms. The Balaban J connectivity index is 2.06. The minimum absolute atomic E-state index is 0.328. The second-order valence-electron chi connectivity index (χ2n) is 5.22. The van der Waals surface area contributed by atoms with E-state index in [4.69, 9.17) is 14.6 Å². The maximum Gasteiger partial charge on any atom is 0.345 e. The van der Waals surface area contributed by atoms with E-state index < -0.39 is 5.97 Å². The number of hydrogen-bond donors (Lipinski definition) is 1. The molecule has 0 spiro atoms. The van der Waals surface area contributed by atoms with E-state index in [1.54, 1.807) is 13.2 Å². The van der Waals surface area contributed by atoms with Gasteiger partial charge in [0, 0.05) is 10.8 Å². The second kappa shape index (κ2) is 8.03. The molecule has 2 rings (SSSR count). The molecule has 0 aliphatic carbocycles. The zero-order chi connectivity index (χ0) is 15.9. The van der Waals surface area contributed by atoms with Crippen LogP contribution in [0.3, 0.4) is 0 Å². The summed E-state index contributed by atoms with van der Waals surface area (Å²) in [5.41, 5.74) is 0. The monoisotopic (exact) mass is 322 g/mol. The first-order valence-corrected chi connectivity index (χ1v) is 8.45. The van der Waals surface area contributed by atoms with Crippen molar-refractivity contribution in [3.05, 3.63) is 23.1 Å². The van der Waals surface area contributed by atoms with Crippen LogP contribution in [-0.4, -0.2) is 24.8 Å². The van der Waals surface area contributed by atoms with Crippen LogP contribution in [-0.2, 0) is 0 Å². The van der Waals surface area contributed by atoms with Gasteiger partial charge in [0.15, 0.2) is 11.5 Å². The summed E-state index contributed by atoms with van der Waals surface area (Å²) in [7, 11) is 1.60. The number of aromatic carboxylic acids is 1. The minimum atomic E-state index is -0.904. The Kier molecular flexibility index (Phi) is 6.07. The van der Waals surface area contributed by atoms with E-state index in [9.17, 15) is 4.79 Å². The van der Waals surface area contributed by atoms with Crippen LogP contribution in [0.15, 0.2) is 18.2 Å². The highest BCUT2D eigenvalue weighted by atomic mass is 32.1. The summed E-state index contributed by atoms with van der Waals surface area (Å²) < 4.78 is 12.1. The summed E-state index contributed by atoms with van der Waals surface area (Å²) in [4.78, 5) is 11.4. The molecule has 0 unspecified atom stereocenters. The number of carbonyl (C=O) groups is 1. The van der Waals surface area contributed by atoms with Gasteiger partial charge in [-0.05, 0) is 23.9 Å². The van der Waals surface area contributed by atoms with Crippen LogP contribution in [0, 0.1) is 0 Å². The lowest BCUT2D eigenvalue weighted by Crippen LogP contribution is -1.99. The van der Waals surface area contributed by atoms with E-state index in [-0.39, 0.29) is 0 Å². The van der Waals surface area contributed by atoms with Gasteiger partial charge in [-0.3, -0.25) is 0 Å². The van der Waals surface area contributed by atoms with Crippen molar-refractivity contribution >= 4 is 27.4 Å². The van der Waals surface area contributed by atoms with Gasteiger partial charge < -0.3 is 14.6 Å². The number of hydrogen-bond acceptors (Lipinski definition) is 4. The fourth-order valence-electron chi connectivity index (χ4n) is 2.31. The van der Waals surface area contributed by atoms with Crippen molar-refractivity contribution in [1.82, 2.24) is 0 Å². The molecule has 0 aliphatic heterocycles. The Labute approximate surface area is 134 Å². The Morgan fingerprint density at radius 1 is 1.14 bits per heavy atom. The van der Waals surface area contributed by atoms with Crippen LogP contribution >= 0.6 is 11.3 Å². The number of ether oxygens (including phenoxy) is 2. The molecule has 0 bridgehead atoms. The molecule has 0 saturated carbocycles. The smallest absolute Gasteiger partial charge is 0.345 e. The normalized spacial score (nSPS) is 10.8. The summed E-state index contributed by atoms with van der Waals surface area (Å²) in [5, 5.41) is 9.94. The van der Waals surface area contributed by atoms with Gasteiger partial charge in [-0.25, -0.2) is 4.79 Å². The fraction of sp³-hybridized carbons (Fsp3) is 0.471. The van der Waals surface area contributed by atoms with E-state index in [0.717, 1.165) is 16.5 Å². The predicted molar refractivity (Wildman–Crippen MR) is 89.6 cm³/mol. The first-order valence-electron chi connectivity index (χ1n) is 7.63.